The second kappa shape index (κ2) is 5.18. The van der Waals surface area contributed by atoms with Gasteiger partial charge in [-0.2, -0.15) is 0 Å². The molecule has 2 unspecified atom stereocenters. The first-order valence-electron chi connectivity index (χ1n) is 5.88. The van der Waals surface area contributed by atoms with Gasteiger partial charge in [-0.3, -0.25) is 4.79 Å². The van der Waals surface area contributed by atoms with Crippen molar-refractivity contribution in [3.05, 3.63) is 24.3 Å². The summed E-state index contributed by atoms with van der Waals surface area (Å²) in [5.41, 5.74) is 1.28. The zero-order chi connectivity index (χ0) is 14.0. The topological polar surface area (TPSA) is 95.5 Å². The number of rotatable bonds is 3. The van der Waals surface area contributed by atoms with E-state index in [1.165, 1.54) is 6.92 Å². The molecule has 7 heteroatoms. The molecule has 1 aromatic carbocycles. The van der Waals surface area contributed by atoms with Crippen LogP contribution >= 0.6 is 0 Å². The van der Waals surface area contributed by atoms with Crippen molar-refractivity contribution >= 4 is 27.1 Å². The lowest BCUT2D eigenvalue weighted by Gasteiger charge is -2.16. The number of hydrogen-bond donors (Lipinski definition) is 3. The van der Waals surface area contributed by atoms with Crippen LogP contribution in [0.3, 0.4) is 0 Å². The van der Waals surface area contributed by atoms with Crippen molar-refractivity contribution < 1.29 is 18.3 Å². The van der Waals surface area contributed by atoms with Crippen molar-refractivity contribution in [3.63, 3.8) is 0 Å². The minimum absolute atomic E-state index is 0.0848. The molecule has 1 saturated heterocycles. The molecule has 1 fully saturated rings. The van der Waals surface area contributed by atoms with Crippen LogP contribution in [0.1, 0.15) is 6.92 Å². The predicted octanol–water partition coefficient (Wildman–Crippen LogP) is 0.215. The Balaban J connectivity index is 2.09. The van der Waals surface area contributed by atoms with Gasteiger partial charge in [-0.15, -0.1) is 0 Å². The van der Waals surface area contributed by atoms with Gasteiger partial charge in [0.25, 0.3) is 0 Å². The third kappa shape index (κ3) is 3.68. The summed E-state index contributed by atoms with van der Waals surface area (Å²) in [5.74, 6) is -0.477. The maximum absolute atomic E-state index is 11.4. The van der Waals surface area contributed by atoms with Crippen molar-refractivity contribution in [2.24, 2.45) is 0 Å². The molecule has 0 saturated carbocycles. The molecule has 1 amide bonds. The zero-order valence-corrected chi connectivity index (χ0v) is 11.3. The Hall–Kier alpha value is -1.60. The third-order valence-electron chi connectivity index (χ3n) is 2.86. The van der Waals surface area contributed by atoms with Gasteiger partial charge in [-0.25, -0.2) is 8.42 Å². The van der Waals surface area contributed by atoms with E-state index in [9.17, 15) is 18.3 Å². The average molecular weight is 284 g/mol. The molecule has 1 heterocycles. The molecular weight excluding hydrogens is 268 g/mol. The number of hydrogen-bond acceptors (Lipinski definition) is 5. The van der Waals surface area contributed by atoms with Gasteiger partial charge in [0, 0.05) is 18.3 Å². The van der Waals surface area contributed by atoms with Gasteiger partial charge in [-0.05, 0) is 18.2 Å². The number of amides is 1. The van der Waals surface area contributed by atoms with Crippen LogP contribution in [-0.2, 0) is 14.6 Å². The van der Waals surface area contributed by atoms with Gasteiger partial charge >= 0.3 is 0 Å². The van der Waals surface area contributed by atoms with Crippen LogP contribution in [0.15, 0.2) is 24.3 Å². The fourth-order valence-electron chi connectivity index (χ4n) is 2.07. The lowest BCUT2D eigenvalue weighted by atomic mass is 10.2. The number of sulfone groups is 1. The monoisotopic (exact) mass is 284 g/mol. The number of nitrogens with one attached hydrogen (secondary N) is 2. The lowest BCUT2D eigenvalue weighted by Crippen LogP contribution is -2.31. The number of carbonyl (C=O) groups is 1. The highest BCUT2D eigenvalue weighted by atomic mass is 32.2. The van der Waals surface area contributed by atoms with Gasteiger partial charge in [0.1, 0.15) is 0 Å². The van der Waals surface area contributed by atoms with E-state index in [-0.39, 0.29) is 17.4 Å². The summed E-state index contributed by atoms with van der Waals surface area (Å²) in [5, 5.41) is 15.3. The van der Waals surface area contributed by atoms with Gasteiger partial charge in [0.15, 0.2) is 9.84 Å². The van der Waals surface area contributed by atoms with Crippen LogP contribution in [0, 0.1) is 0 Å². The molecule has 1 aliphatic heterocycles. The Morgan fingerprint density at radius 3 is 2.58 bits per heavy atom. The molecule has 0 aromatic heterocycles. The highest BCUT2D eigenvalue weighted by Gasteiger charge is 2.36. The molecule has 0 aliphatic carbocycles. The van der Waals surface area contributed by atoms with Crippen molar-refractivity contribution in [1.29, 1.82) is 0 Å². The summed E-state index contributed by atoms with van der Waals surface area (Å²) in [4.78, 5) is 11.0. The van der Waals surface area contributed by atoms with Gasteiger partial charge < -0.3 is 15.7 Å². The molecule has 19 heavy (non-hydrogen) atoms. The molecule has 1 aliphatic rings. The summed E-state index contributed by atoms with van der Waals surface area (Å²) in [6, 6.07) is 6.40. The van der Waals surface area contributed by atoms with Crippen molar-refractivity contribution in [2.45, 2.75) is 19.1 Å². The van der Waals surface area contributed by atoms with E-state index in [4.69, 9.17) is 0 Å². The van der Waals surface area contributed by atoms with Gasteiger partial charge in [-0.1, -0.05) is 6.07 Å². The summed E-state index contributed by atoms with van der Waals surface area (Å²) in [6.45, 7) is 1.41. The predicted molar refractivity (Wildman–Crippen MR) is 72.8 cm³/mol. The highest BCUT2D eigenvalue weighted by molar-refractivity contribution is 7.91. The van der Waals surface area contributed by atoms with Crippen LogP contribution in [-0.4, -0.2) is 43.1 Å². The Bertz CT molecular complexity index is 585. The zero-order valence-electron chi connectivity index (χ0n) is 10.5. The second-order valence-corrected chi connectivity index (χ2v) is 6.81. The van der Waals surface area contributed by atoms with E-state index in [0.29, 0.717) is 11.4 Å². The second-order valence-electron chi connectivity index (χ2n) is 4.66. The minimum atomic E-state index is -3.18. The lowest BCUT2D eigenvalue weighted by molar-refractivity contribution is -0.114. The Morgan fingerprint density at radius 2 is 2.00 bits per heavy atom. The molecule has 104 valence electrons. The van der Waals surface area contributed by atoms with Crippen molar-refractivity contribution in [1.82, 2.24) is 0 Å². The maximum Gasteiger partial charge on any atom is 0.221 e. The van der Waals surface area contributed by atoms with E-state index in [2.05, 4.69) is 10.6 Å². The first-order chi connectivity index (χ1) is 8.85. The standard InChI is InChI=1S/C12H16N2O4S/c1-8(15)13-9-3-2-4-10(5-9)14-11-6-19(17,18)7-12(11)16/h2-5,11-12,14,16H,6-7H2,1H3,(H,13,15). The Morgan fingerprint density at radius 1 is 1.32 bits per heavy atom. The van der Waals surface area contributed by atoms with Crippen molar-refractivity contribution in [3.8, 4) is 0 Å². The van der Waals surface area contributed by atoms with E-state index in [1.54, 1.807) is 24.3 Å². The first-order valence-corrected chi connectivity index (χ1v) is 7.70. The van der Waals surface area contributed by atoms with Crippen LogP contribution in [0.2, 0.25) is 0 Å². The average Bonchev–Trinajstić information content (AvgIpc) is 2.51. The number of aliphatic hydroxyl groups excluding tert-OH is 1. The number of aliphatic hydroxyl groups is 1. The van der Waals surface area contributed by atoms with Gasteiger partial charge in [0.2, 0.25) is 5.91 Å². The van der Waals surface area contributed by atoms with Crippen LogP contribution in [0.4, 0.5) is 11.4 Å². The molecule has 1 aromatic rings. The molecule has 2 rings (SSSR count). The SMILES string of the molecule is CC(=O)Nc1cccc(NC2CS(=O)(=O)CC2O)c1. The Labute approximate surface area is 111 Å². The molecule has 0 spiro atoms. The molecule has 2 atom stereocenters. The smallest absolute Gasteiger partial charge is 0.221 e. The Kier molecular flexibility index (Phi) is 3.77. The van der Waals surface area contributed by atoms with Crippen LogP contribution in [0.25, 0.3) is 0 Å². The van der Waals surface area contributed by atoms with Crippen molar-refractivity contribution in [2.75, 3.05) is 22.1 Å². The highest BCUT2D eigenvalue weighted by Crippen LogP contribution is 2.20. The fourth-order valence-corrected chi connectivity index (χ4v) is 3.81. The van der Waals surface area contributed by atoms with Crippen LogP contribution < -0.4 is 10.6 Å². The van der Waals surface area contributed by atoms with E-state index in [0.717, 1.165) is 0 Å². The van der Waals surface area contributed by atoms with E-state index >= 15 is 0 Å². The summed E-state index contributed by atoms with van der Waals surface area (Å²) < 4.78 is 22.8. The van der Waals surface area contributed by atoms with E-state index in [1.807, 2.05) is 0 Å². The molecule has 6 nitrogen and oxygen atoms in total. The maximum atomic E-state index is 11.4. The van der Waals surface area contributed by atoms with Gasteiger partial charge in [0.05, 0.1) is 23.7 Å². The first kappa shape index (κ1) is 13.8. The molecule has 0 bridgehead atoms. The summed E-state index contributed by atoms with van der Waals surface area (Å²) in [6.07, 6.45) is -0.908. The van der Waals surface area contributed by atoms with Crippen LogP contribution in [0.5, 0.6) is 0 Å². The van der Waals surface area contributed by atoms with E-state index < -0.39 is 22.0 Å². The molecular formula is C12H16N2O4S. The number of carbonyl (C=O) groups excluding carboxylic acids is 1. The third-order valence-corrected chi connectivity index (χ3v) is 4.57. The minimum Gasteiger partial charge on any atom is -0.390 e. The molecule has 0 radical (unpaired) electrons. The molecule has 3 N–H and O–H groups in total. The number of anilines is 2. The fraction of sp³-hybridized carbons (Fsp3) is 0.417. The summed E-state index contributed by atoms with van der Waals surface area (Å²) >= 11 is 0. The largest absolute Gasteiger partial charge is 0.390 e. The number of benzene rings is 1. The quantitative estimate of drug-likeness (QED) is 0.737. The summed E-state index contributed by atoms with van der Waals surface area (Å²) in [7, 11) is -3.18. The normalized spacial score (nSPS) is 24.9.